The number of hydrogen-bond donors (Lipinski definition) is 1. The van der Waals surface area contributed by atoms with E-state index in [-0.39, 0.29) is 0 Å². The van der Waals surface area contributed by atoms with Crippen LogP contribution in [0.3, 0.4) is 0 Å². The van der Waals surface area contributed by atoms with E-state index in [2.05, 4.69) is 6.92 Å². The largest absolute Gasteiger partial charge is 0.385 e. The second-order valence-corrected chi connectivity index (χ2v) is 4.55. The Kier molecular flexibility index (Phi) is 3.82. The fourth-order valence-electron chi connectivity index (χ4n) is 1.18. The molecule has 72 valence electrons. The Morgan fingerprint density at radius 3 is 2.46 bits per heavy atom. The van der Waals surface area contributed by atoms with Gasteiger partial charge in [0.15, 0.2) is 0 Å². The second kappa shape index (κ2) is 4.68. The van der Waals surface area contributed by atoms with Crippen molar-refractivity contribution in [2.45, 2.75) is 19.4 Å². The van der Waals surface area contributed by atoms with Crippen LogP contribution in [0.25, 0.3) is 0 Å². The van der Waals surface area contributed by atoms with Crippen molar-refractivity contribution in [2.75, 3.05) is 11.5 Å². The van der Waals surface area contributed by atoms with Gasteiger partial charge < -0.3 is 5.11 Å². The Morgan fingerprint density at radius 1 is 1.31 bits per heavy atom. The molecule has 0 saturated carbocycles. The van der Waals surface area contributed by atoms with Gasteiger partial charge in [0, 0.05) is 5.75 Å². The zero-order valence-corrected chi connectivity index (χ0v) is 8.97. The lowest BCUT2D eigenvalue weighted by atomic mass is 9.99. The van der Waals surface area contributed by atoms with Crippen LogP contribution in [0.15, 0.2) is 30.3 Å². The summed E-state index contributed by atoms with van der Waals surface area (Å²) in [6.07, 6.45) is 0. The lowest BCUT2D eigenvalue weighted by Gasteiger charge is -2.22. The average molecular weight is 196 g/mol. The van der Waals surface area contributed by atoms with Gasteiger partial charge in [0.25, 0.3) is 0 Å². The molecular formula is C11H16OS. The molecule has 0 aliphatic rings. The molecule has 0 aliphatic heterocycles. The van der Waals surface area contributed by atoms with E-state index < -0.39 is 5.60 Å². The smallest absolute Gasteiger partial charge is 0.0958 e. The summed E-state index contributed by atoms with van der Waals surface area (Å²) < 4.78 is 0. The van der Waals surface area contributed by atoms with Gasteiger partial charge in [0.1, 0.15) is 0 Å². The summed E-state index contributed by atoms with van der Waals surface area (Å²) in [5.74, 6) is 1.80. The maximum atomic E-state index is 10.1. The number of aliphatic hydroxyl groups is 1. The van der Waals surface area contributed by atoms with E-state index in [0.29, 0.717) is 0 Å². The Hall–Kier alpha value is -0.470. The van der Waals surface area contributed by atoms with Crippen molar-refractivity contribution < 1.29 is 5.11 Å². The van der Waals surface area contributed by atoms with Gasteiger partial charge >= 0.3 is 0 Å². The van der Waals surface area contributed by atoms with Crippen molar-refractivity contribution in [1.82, 2.24) is 0 Å². The number of hydrogen-bond acceptors (Lipinski definition) is 2. The van der Waals surface area contributed by atoms with E-state index in [1.807, 2.05) is 37.3 Å². The van der Waals surface area contributed by atoms with Gasteiger partial charge in [0.2, 0.25) is 0 Å². The lowest BCUT2D eigenvalue weighted by Crippen LogP contribution is -2.24. The van der Waals surface area contributed by atoms with Crippen LogP contribution in [0.4, 0.5) is 0 Å². The summed E-state index contributed by atoms with van der Waals surface area (Å²) in [4.78, 5) is 0. The molecule has 1 N–H and O–H groups in total. The first-order valence-electron chi connectivity index (χ1n) is 4.52. The highest BCUT2D eigenvalue weighted by Gasteiger charge is 2.21. The molecule has 0 heterocycles. The molecule has 0 aromatic heterocycles. The highest BCUT2D eigenvalue weighted by atomic mass is 32.2. The third kappa shape index (κ3) is 3.05. The molecule has 0 radical (unpaired) electrons. The SMILES string of the molecule is CCSCC(C)(O)c1ccccc1. The minimum absolute atomic E-state index is 0.693. The van der Waals surface area contributed by atoms with Crippen LogP contribution in [0.5, 0.6) is 0 Å². The quantitative estimate of drug-likeness (QED) is 0.799. The summed E-state index contributed by atoms with van der Waals surface area (Å²) in [7, 11) is 0. The monoisotopic (exact) mass is 196 g/mol. The van der Waals surface area contributed by atoms with Crippen LogP contribution in [-0.4, -0.2) is 16.6 Å². The van der Waals surface area contributed by atoms with Gasteiger partial charge in [-0.25, -0.2) is 0 Å². The normalized spacial score (nSPS) is 15.3. The Bertz CT molecular complexity index is 244. The first-order valence-corrected chi connectivity index (χ1v) is 5.68. The molecule has 1 aromatic carbocycles. The molecule has 0 spiro atoms. The molecule has 1 rings (SSSR count). The van der Waals surface area contributed by atoms with E-state index in [1.54, 1.807) is 11.8 Å². The van der Waals surface area contributed by atoms with Gasteiger partial charge in [-0.05, 0) is 18.2 Å². The summed E-state index contributed by atoms with van der Waals surface area (Å²) in [6, 6.07) is 9.82. The van der Waals surface area contributed by atoms with E-state index in [4.69, 9.17) is 0 Å². The molecular weight excluding hydrogens is 180 g/mol. The number of benzene rings is 1. The first-order chi connectivity index (χ1) is 6.17. The van der Waals surface area contributed by atoms with Crippen molar-refractivity contribution in [2.24, 2.45) is 0 Å². The summed E-state index contributed by atoms with van der Waals surface area (Å²) in [6.45, 7) is 3.97. The van der Waals surface area contributed by atoms with Gasteiger partial charge in [-0.1, -0.05) is 37.3 Å². The zero-order chi connectivity index (χ0) is 9.73. The molecule has 2 heteroatoms. The molecule has 0 fully saturated rings. The summed E-state index contributed by atoms with van der Waals surface area (Å²) in [5, 5.41) is 10.1. The maximum absolute atomic E-state index is 10.1. The third-order valence-electron chi connectivity index (χ3n) is 1.98. The van der Waals surface area contributed by atoms with Crippen molar-refractivity contribution in [3.63, 3.8) is 0 Å². The van der Waals surface area contributed by atoms with E-state index >= 15 is 0 Å². The molecule has 0 saturated heterocycles. The molecule has 1 unspecified atom stereocenters. The molecule has 0 bridgehead atoms. The number of thioether (sulfide) groups is 1. The van der Waals surface area contributed by atoms with E-state index in [0.717, 1.165) is 17.1 Å². The Balaban J connectivity index is 2.69. The maximum Gasteiger partial charge on any atom is 0.0958 e. The standard InChI is InChI=1S/C11H16OS/c1-3-13-9-11(2,12)10-7-5-4-6-8-10/h4-8,12H,3,9H2,1-2H3. The third-order valence-corrected chi connectivity index (χ3v) is 3.16. The highest BCUT2D eigenvalue weighted by molar-refractivity contribution is 7.99. The van der Waals surface area contributed by atoms with Crippen LogP contribution in [0.1, 0.15) is 19.4 Å². The Morgan fingerprint density at radius 2 is 1.92 bits per heavy atom. The van der Waals surface area contributed by atoms with Crippen molar-refractivity contribution in [1.29, 1.82) is 0 Å². The summed E-state index contributed by atoms with van der Waals surface area (Å²) in [5.41, 5.74) is 0.304. The Labute approximate surface area is 84.2 Å². The van der Waals surface area contributed by atoms with E-state index in [1.165, 1.54) is 0 Å². The van der Waals surface area contributed by atoms with Crippen LogP contribution in [0.2, 0.25) is 0 Å². The minimum Gasteiger partial charge on any atom is -0.385 e. The molecule has 1 nitrogen and oxygen atoms in total. The van der Waals surface area contributed by atoms with Crippen LogP contribution in [-0.2, 0) is 5.60 Å². The average Bonchev–Trinajstić information content (AvgIpc) is 2.16. The van der Waals surface area contributed by atoms with Crippen molar-refractivity contribution in [3.05, 3.63) is 35.9 Å². The zero-order valence-electron chi connectivity index (χ0n) is 8.16. The van der Waals surface area contributed by atoms with Crippen LogP contribution >= 0.6 is 11.8 Å². The predicted octanol–water partition coefficient (Wildman–Crippen LogP) is 2.65. The van der Waals surface area contributed by atoms with Crippen LogP contribution in [0, 0.1) is 0 Å². The van der Waals surface area contributed by atoms with Gasteiger partial charge in [-0.3, -0.25) is 0 Å². The topological polar surface area (TPSA) is 20.2 Å². The van der Waals surface area contributed by atoms with Gasteiger partial charge in [-0.15, -0.1) is 0 Å². The second-order valence-electron chi connectivity index (χ2n) is 3.28. The molecule has 13 heavy (non-hydrogen) atoms. The lowest BCUT2D eigenvalue weighted by molar-refractivity contribution is 0.0840. The molecule has 0 amide bonds. The molecule has 1 aromatic rings. The van der Waals surface area contributed by atoms with Gasteiger partial charge in [0.05, 0.1) is 5.60 Å². The fourth-order valence-corrected chi connectivity index (χ4v) is 1.95. The van der Waals surface area contributed by atoms with E-state index in [9.17, 15) is 5.11 Å². The summed E-state index contributed by atoms with van der Waals surface area (Å²) >= 11 is 1.76. The van der Waals surface area contributed by atoms with Crippen molar-refractivity contribution >= 4 is 11.8 Å². The molecule has 0 aliphatic carbocycles. The first kappa shape index (κ1) is 10.6. The predicted molar refractivity (Wildman–Crippen MR) is 59.0 cm³/mol. The van der Waals surface area contributed by atoms with Crippen molar-refractivity contribution in [3.8, 4) is 0 Å². The number of rotatable bonds is 4. The molecule has 1 atom stereocenters. The van der Waals surface area contributed by atoms with Gasteiger partial charge in [-0.2, -0.15) is 11.8 Å². The van der Waals surface area contributed by atoms with Crippen LogP contribution < -0.4 is 0 Å². The minimum atomic E-state index is -0.693. The highest BCUT2D eigenvalue weighted by Crippen LogP contribution is 2.24. The fraction of sp³-hybridized carbons (Fsp3) is 0.455.